The van der Waals surface area contributed by atoms with Gasteiger partial charge in [-0.1, -0.05) is 0 Å². The third-order valence-corrected chi connectivity index (χ3v) is 4.01. The number of hydrogen-bond donors (Lipinski definition) is 1. The third kappa shape index (κ3) is 1.50. The van der Waals surface area contributed by atoms with Gasteiger partial charge in [-0.2, -0.15) is 0 Å². The first kappa shape index (κ1) is 12.8. The van der Waals surface area contributed by atoms with Gasteiger partial charge in [0.1, 0.15) is 17.2 Å². The summed E-state index contributed by atoms with van der Waals surface area (Å²) in [6.45, 7) is 0. The fraction of sp³-hybridized carbons (Fsp3) is 0.118. The number of hydrogen-bond acceptors (Lipinski definition) is 4. The van der Waals surface area contributed by atoms with Gasteiger partial charge in [0.25, 0.3) is 5.91 Å². The van der Waals surface area contributed by atoms with E-state index in [0.29, 0.717) is 17.1 Å². The summed E-state index contributed by atoms with van der Waals surface area (Å²) >= 11 is 0. The van der Waals surface area contributed by atoms with Gasteiger partial charge in [-0.05, 0) is 30.3 Å². The van der Waals surface area contributed by atoms with Gasteiger partial charge in [-0.15, -0.1) is 0 Å². The van der Waals surface area contributed by atoms with Gasteiger partial charge >= 0.3 is 0 Å². The van der Waals surface area contributed by atoms with Crippen molar-refractivity contribution >= 4 is 16.8 Å². The molecule has 3 aromatic rings. The first-order chi connectivity index (χ1) is 10.6. The second kappa shape index (κ2) is 4.27. The number of aromatic hydroxyl groups is 1. The Morgan fingerprint density at radius 3 is 2.59 bits per heavy atom. The van der Waals surface area contributed by atoms with E-state index in [1.165, 1.54) is 0 Å². The molecule has 0 unspecified atom stereocenters. The first-order valence-corrected chi connectivity index (χ1v) is 6.79. The molecule has 1 aliphatic heterocycles. The first-order valence-electron chi connectivity index (χ1n) is 6.79. The summed E-state index contributed by atoms with van der Waals surface area (Å²) in [4.78, 5) is 12.8. The van der Waals surface area contributed by atoms with Crippen LogP contribution in [0.3, 0.4) is 0 Å². The van der Waals surface area contributed by atoms with E-state index >= 15 is 0 Å². The second-order valence-corrected chi connectivity index (χ2v) is 5.17. The number of aromatic nitrogens is 1. The number of ether oxygens (including phenoxy) is 2. The van der Waals surface area contributed by atoms with Crippen molar-refractivity contribution in [3.63, 3.8) is 0 Å². The molecule has 1 N–H and O–H groups in total. The summed E-state index contributed by atoms with van der Waals surface area (Å²) in [7, 11) is 3.12. The van der Waals surface area contributed by atoms with E-state index in [2.05, 4.69) is 0 Å². The van der Waals surface area contributed by atoms with Crippen LogP contribution >= 0.6 is 0 Å². The molecule has 0 amide bonds. The van der Waals surface area contributed by atoms with Crippen molar-refractivity contribution in [2.75, 3.05) is 14.2 Å². The molecule has 5 nitrogen and oxygen atoms in total. The summed E-state index contributed by atoms with van der Waals surface area (Å²) in [5.41, 5.74) is 2.83. The lowest BCUT2D eigenvalue weighted by Gasteiger charge is -2.08. The van der Waals surface area contributed by atoms with Crippen LogP contribution in [0.5, 0.6) is 17.2 Å². The molecule has 0 spiro atoms. The van der Waals surface area contributed by atoms with Crippen LogP contribution < -0.4 is 9.47 Å². The fourth-order valence-corrected chi connectivity index (χ4v) is 3.03. The minimum atomic E-state index is -0.122. The molecule has 0 bridgehead atoms. The fourth-order valence-electron chi connectivity index (χ4n) is 3.03. The molecule has 0 saturated carbocycles. The Morgan fingerprint density at radius 1 is 1.05 bits per heavy atom. The lowest BCUT2D eigenvalue weighted by molar-refractivity contribution is 0.0973. The Balaban J connectivity index is 2.08. The summed E-state index contributed by atoms with van der Waals surface area (Å²) < 4.78 is 12.3. The standard InChI is InChI=1S/C17H13NO4/c1-21-11-7-12-16(15(8-11)22-2)14-6-9-5-10(19)3-4-13(9)18(14)17(12)20/h3-8,19H,1-2H3. The largest absolute Gasteiger partial charge is 0.508 e. The Bertz CT molecular complexity index is 939. The molecule has 0 radical (unpaired) electrons. The number of phenols is 1. The van der Waals surface area contributed by atoms with Gasteiger partial charge < -0.3 is 14.6 Å². The highest BCUT2D eigenvalue weighted by Gasteiger charge is 2.32. The van der Waals surface area contributed by atoms with Crippen LogP contribution in [0.4, 0.5) is 0 Å². The molecule has 0 fully saturated rings. The average molecular weight is 295 g/mol. The van der Waals surface area contributed by atoms with Crippen LogP contribution in [-0.4, -0.2) is 29.8 Å². The monoisotopic (exact) mass is 295 g/mol. The van der Waals surface area contributed by atoms with Crippen LogP contribution in [-0.2, 0) is 0 Å². The van der Waals surface area contributed by atoms with Crippen molar-refractivity contribution < 1.29 is 19.4 Å². The molecule has 1 aromatic heterocycles. The van der Waals surface area contributed by atoms with Crippen molar-refractivity contribution in [2.45, 2.75) is 0 Å². The van der Waals surface area contributed by atoms with Crippen LogP contribution in [0.25, 0.3) is 22.2 Å². The maximum atomic E-state index is 12.8. The van der Waals surface area contributed by atoms with Crippen LogP contribution in [0.15, 0.2) is 36.4 Å². The zero-order chi connectivity index (χ0) is 15.4. The molecule has 0 atom stereocenters. The van der Waals surface area contributed by atoms with Crippen LogP contribution in [0.2, 0.25) is 0 Å². The smallest absolute Gasteiger partial charge is 0.263 e. The maximum Gasteiger partial charge on any atom is 0.263 e. The van der Waals surface area contributed by atoms with Crippen molar-refractivity contribution in [3.05, 3.63) is 42.0 Å². The van der Waals surface area contributed by atoms with Gasteiger partial charge in [0.05, 0.1) is 36.6 Å². The van der Waals surface area contributed by atoms with Gasteiger partial charge in [0.15, 0.2) is 0 Å². The quantitative estimate of drug-likeness (QED) is 0.617. The van der Waals surface area contributed by atoms with E-state index in [4.69, 9.17) is 9.47 Å². The lowest BCUT2D eigenvalue weighted by atomic mass is 10.0. The average Bonchev–Trinajstić information content (AvgIpc) is 3.02. The summed E-state index contributed by atoms with van der Waals surface area (Å²) in [5, 5.41) is 10.4. The number of fused-ring (bicyclic) bond motifs is 5. The van der Waals surface area contributed by atoms with Gasteiger partial charge in [0.2, 0.25) is 0 Å². The van der Waals surface area contributed by atoms with Crippen LogP contribution in [0.1, 0.15) is 10.4 Å². The van der Waals surface area contributed by atoms with E-state index in [1.54, 1.807) is 49.1 Å². The van der Waals surface area contributed by atoms with Crippen molar-refractivity contribution in [3.8, 4) is 28.5 Å². The Labute approximate surface area is 126 Å². The lowest BCUT2D eigenvalue weighted by Crippen LogP contribution is -2.05. The molecule has 22 heavy (non-hydrogen) atoms. The Morgan fingerprint density at radius 2 is 1.86 bits per heavy atom. The van der Waals surface area contributed by atoms with E-state index in [0.717, 1.165) is 22.2 Å². The second-order valence-electron chi connectivity index (χ2n) is 5.17. The number of carbonyl (C=O) groups is 1. The summed E-state index contributed by atoms with van der Waals surface area (Å²) in [5.74, 6) is 1.22. The Kier molecular flexibility index (Phi) is 2.48. The zero-order valence-electron chi connectivity index (χ0n) is 12.1. The van der Waals surface area contributed by atoms with Crippen molar-refractivity contribution in [1.82, 2.24) is 4.57 Å². The molecule has 2 heterocycles. The number of benzene rings is 2. The molecule has 110 valence electrons. The minimum Gasteiger partial charge on any atom is -0.508 e. The SMILES string of the molecule is COc1cc(OC)c2c(c1)C(=O)n1c-2cc2cc(O)ccc21. The zero-order valence-corrected chi connectivity index (χ0v) is 12.1. The van der Waals surface area contributed by atoms with Crippen molar-refractivity contribution in [2.24, 2.45) is 0 Å². The van der Waals surface area contributed by atoms with Crippen LogP contribution in [0, 0.1) is 0 Å². The number of carbonyl (C=O) groups excluding carboxylic acids is 1. The molecule has 4 rings (SSSR count). The molecule has 0 aliphatic carbocycles. The molecule has 0 saturated heterocycles. The van der Waals surface area contributed by atoms with E-state index < -0.39 is 0 Å². The highest BCUT2D eigenvalue weighted by molar-refractivity contribution is 6.16. The van der Waals surface area contributed by atoms with Gasteiger partial charge in [0, 0.05) is 11.5 Å². The molecular formula is C17H13NO4. The molecule has 1 aliphatic rings. The maximum absolute atomic E-state index is 12.8. The molecular weight excluding hydrogens is 282 g/mol. The highest BCUT2D eigenvalue weighted by Crippen LogP contribution is 2.44. The third-order valence-electron chi connectivity index (χ3n) is 4.01. The number of phenolic OH excluding ortho intramolecular Hbond substituents is 1. The van der Waals surface area contributed by atoms with Gasteiger partial charge in [-0.3, -0.25) is 9.36 Å². The van der Waals surface area contributed by atoms with Gasteiger partial charge in [-0.25, -0.2) is 0 Å². The van der Waals surface area contributed by atoms with Crippen molar-refractivity contribution in [1.29, 1.82) is 0 Å². The van der Waals surface area contributed by atoms with E-state index in [1.807, 2.05) is 6.07 Å². The number of nitrogens with zero attached hydrogens (tertiary/aromatic N) is 1. The number of rotatable bonds is 2. The number of methoxy groups -OCH3 is 2. The van der Waals surface area contributed by atoms with E-state index in [-0.39, 0.29) is 11.7 Å². The topological polar surface area (TPSA) is 60.7 Å². The summed E-state index contributed by atoms with van der Waals surface area (Å²) in [6, 6.07) is 10.3. The molecule has 5 heteroatoms. The Hall–Kier alpha value is -2.95. The minimum absolute atomic E-state index is 0.122. The normalized spacial score (nSPS) is 12.4. The molecule has 2 aromatic carbocycles. The summed E-state index contributed by atoms with van der Waals surface area (Å²) in [6.07, 6.45) is 0. The predicted octanol–water partition coefficient (Wildman–Crippen LogP) is 3.03. The predicted molar refractivity (Wildman–Crippen MR) is 81.9 cm³/mol. The van der Waals surface area contributed by atoms with E-state index in [9.17, 15) is 9.90 Å². The highest BCUT2D eigenvalue weighted by atomic mass is 16.5.